The number of rotatable bonds is 6. The van der Waals surface area contributed by atoms with Gasteiger partial charge in [0.15, 0.2) is 11.9 Å². The summed E-state index contributed by atoms with van der Waals surface area (Å²) in [5.74, 6) is 2.60. The Labute approximate surface area is 160 Å². The number of hydrogen-bond donors (Lipinski definition) is 1. The molecule has 1 N–H and O–H groups in total. The number of aromatic nitrogens is 1. The number of carbonyl (C=O) groups is 2. The van der Waals surface area contributed by atoms with E-state index in [4.69, 9.17) is 4.74 Å². The lowest BCUT2D eigenvalue weighted by atomic mass is 9.48. The van der Waals surface area contributed by atoms with Crippen LogP contribution in [-0.2, 0) is 9.53 Å². The fourth-order valence-corrected chi connectivity index (χ4v) is 6.16. The van der Waals surface area contributed by atoms with Gasteiger partial charge in [0.25, 0.3) is 0 Å². The van der Waals surface area contributed by atoms with E-state index >= 15 is 0 Å². The van der Waals surface area contributed by atoms with E-state index in [2.05, 4.69) is 10.3 Å². The molecule has 0 saturated heterocycles. The fraction of sp³-hybridized carbons (Fsp3) is 0.682. The zero-order valence-electron chi connectivity index (χ0n) is 15.9. The van der Waals surface area contributed by atoms with Gasteiger partial charge in [0.1, 0.15) is 5.82 Å². The van der Waals surface area contributed by atoms with E-state index in [1.165, 1.54) is 38.3 Å². The maximum Gasteiger partial charge on any atom is 0.340 e. The number of ether oxygens (including phenoxy) is 1. The molecule has 1 aromatic heterocycles. The van der Waals surface area contributed by atoms with Crippen molar-refractivity contribution in [2.24, 2.45) is 23.2 Å². The number of hydrogen-bond acceptors (Lipinski definition) is 5. The Hall–Kier alpha value is -1.91. The number of anilines is 1. The number of nitrogens with one attached hydrogen (secondary N) is 1. The van der Waals surface area contributed by atoms with E-state index in [9.17, 15) is 9.59 Å². The van der Waals surface area contributed by atoms with Gasteiger partial charge in [-0.05, 0) is 88.2 Å². The fourth-order valence-electron chi connectivity index (χ4n) is 6.16. The van der Waals surface area contributed by atoms with Crippen LogP contribution in [-0.4, -0.2) is 28.9 Å². The second kappa shape index (κ2) is 6.32. The summed E-state index contributed by atoms with van der Waals surface area (Å²) >= 11 is 0. The number of Topliss-reactive ketones (excluding diaryl/α,β-unsaturated/α-hetero) is 1. The highest BCUT2D eigenvalue weighted by Gasteiger charge is 2.55. The van der Waals surface area contributed by atoms with Crippen molar-refractivity contribution in [3.05, 3.63) is 23.9 Å². The summed E-state index contributed by atoms with van der Waals surface area (Å²) in [6.07, 6.45) is 10.1. The molecule has 5 nitrogen and oxygen atoms in total. The first kappa shape index (κ1) is 17.2. The molecular weight excluding hydrogens is 340 g/mol. The first-order chi connectivity index (χ1) is 13.0. The molecule has 1 heterocycles. The largest absolute Gasteiger partial charge is 0.451 e. The minimum Gasteiger partial charge on any atom is -0.451 e. The van der Waals surface area contributed by atoms with Crippen LogP contribution in [0.4, 0.5) is 5.82 Å². The SMILES string of the molecule is CC(OC(=O)c1ccc(NC2CC2)nc1)C(=O)C12CC3CC(CC(C3)C1)C2. The van der Waals surface area contributed by atoms with Gasteiger partial charge in [0.05, 0.1) is 5.56 Å². The van der Waals surface area contributed by atoms with Crippen LogP contribution in [0.3, 0.4) is 0 Å². The van der Waals surface area contributed by atoms with Crippen molar-refractivity contribution in [2.75, 3.05) is 5.32 Å². The molecule has 4 bridgehead atoms. The molecule has 1 unspecified atom stereocenters. The standard InChI is InChI=1S/C22H28N2O3/c1-13(20(25)22-9-14-6-15(10-22)8-16(7-14)11-22)27-21(26)17-2-5-19(23-12-17)24-18-3-4-18/h2,5,12-16,18H,3-4,6-11H2,1H3,(H,23,24). The van der Waals surface area contributed by atoms with Crippen molar-refractivity contribution in [2.45, 2.75) is 70.4 Å². The Bertz CT molecular complexity index is 718. The smallest absolute Gasteiger partial charge is 0.340 e. The van der Waals surface area contributed by atoms with Crippen LogP contribution in [0.25, 0.3) is 0 Å². The van der Waals surface area contributed by atoms with Gasteiger partial charge in [-0.3, -0.25) is 4.79 Å². The highest BCUT2D eigenvalue weighted by atomic mass is 16.5. The van der Waals surface area contributed by atoms with Crippen molar-refractivity contribution in [3.63, 3.8) is 0 Å². The van der Waals surface area contributed by atoms with Crippen molar-refractivity contribution in [1.29, 1.82) is 0 Å². The number of ketones is 1. The summed E-state index contributed by atoms with van der Waals surface area (Å²) < 4.78 is 5.57. The van der Waals surface area contributed by atoms with Crippen molar-refractivity contribution in [3.8, 4) is 0 Å². The number of pyridine rings is 1. The molecule has 1 atom stereocenters. The topological polar surface area (TPSA) is 68.3 Å². The van der Waals surface area contributed by atoms with Crippen LogP contribution in [0.1, 0.15) is 68.6 Å². The van der Waals surface area contributed by atoms with Gasteiger partial charge in [-0.1, -0.05) is 0 Å². The molecule has 5 aliphatic carbocycles. The molecule has 0 aliphatic heterocycles. The maximum atomic E-state index is 13.2. The molecule has 0 amide bonds. The zero-order chi connectivity index (χ0) is 18.6. The molecule has 0 aromatic carbocycles. The van der Waals surface area contributed by atoms with Gasteiger partial charge in [-0.15, -0.1) is 0 Å². The van der Waals surface area contributed by atoms with Crippen LogP contribution >= 0.6 is 0 Å². The lowest BCUT2D eigenvalue weighted by Crippen LogP contribution is -2.52. The average molecular weight is 368 g/mol. The normalized spacial score (nSPS) is 34.9. The van der Waals surface area contributed by atoms with E-state index < -0.39 is 12.1 Å². The highest BCUT2D eigenvalue weighted by Crippen LogP contribution is 2.60. The predicted octanol–water partition coefficient (Wildman–Crippen LogP) is 3.99. The predicted molar refractivity (Wildman–Crippen MR) is 101 cm³/mol. The molecule has 0 radical (unpaired) electrons. The van der Waals surface area contributed by atoms with E-state index in [0.717, 1.165) is 25.1 Å². The third-order valence-corrected chi connectivity index (χ3v) is 7.14. The van der Waals surface area contributed by atoms with Gasteiger partial charge in [-0.25, -0.2) is 9.78 Å². The molecule has 5 fully saturated rings. The average Bonchev–Trinajstić information content (AvgIpc) is 3.44. The number of esters is 1. The Morgan fingerprint density at radius 1 is 1.11 bits per heavy atom. The Morgan fingerprint density at radius 2 is 1.74 bits per heavy atom. The van der Waals surface area contributed by atoms with Gasteiger partial charge in [0, 0.05) is 17.7 Å². The van der Waals surface area contributed by atoms with Crippen molar-refractivity contribution in [1.82, 2.24) is 4.98 Å². The summed E-state index contributed by atoms with van der Waals surface area (Å²) in [7, 11) is 0. The first-order valence-electron chi connectivity index (χ1n) is 10.5. The van der Waals surface area contributed by atoms with Gasteiger partial charge >= 0.3 is 5.97 Å². The van der Waals surface area contributed by atoms with Crippen LogP contribution in [0.15, 0.2) is 18.3 Å². The molecule has 0 spiro atoms. The second-order valence-corrected chi connectivity index (χ2v) is 9.46. The summed E-state index contributed by atoms with van der Waals surface area (Å²) in [6, 6.07) is 4.05. The van der Waals surface area contributed by atoms with Crippen LogP contribution in [0.2, 0.25) is 0 Å². The molecule has 6 rings (SSSR count). The van der Waals surface area contributed by atoms with E-state index in [0.29, 0.717) is 29.4 Å². The van der Waals surface area contributed by atoms with E-state index in [1.54, 1.807) is 19.1 Å². The Kier molecular flexibility index (Phi) is 4.03. The minimum absolute atomic E-state index is 0.148. The highest BCUT2D eigenvalue weighted by molar-refractivity contribution is 5.94. The van der Waals surface area contributed by atoms with Crippen molar-refractivity contribution < 1.29 is 14.3 Å². The van der Waals surface area contributed by atoms with Gasteiger partial charge < -0.3 is 10.1 Å². The third-order valence-electron chi connectivity index (χ3n) is 7.14. The number of carbonyl (C=O) groups excluding carboxylic acids is 2. The first-order valence-corrected chi connectivity index (χ1v) is 10.5. The van der Waals surface area contributed by atoms with Gasteiger partial charge in [-0.2, -0.15) is 0 Å². The van der Waals surface area contributed by atoms with E-state index in [1.807, 2.05) is 0 Å². The lowest BCUT2D eigenvalue weighted by molar-refractivity contribution is -0.152. The quantitative estimate of drug-likeness (QED) is 0.769. The second-order valence-electron chi connectivity index (χ2n) is 9.46. The molecule has 27 heavy (non-hydrogen) atoms. The molecule has 5 heteroatoms. The van der Waals surface area contributed by atoms with Crippen LogP contribution in [0, 0.1) is 23.2 Å². The monoisotopic (exact) mass is 368 g/mol. The maximum absolute atomic E-state index is 13.2. The summed E-state index contributed by atoms with van der Waals surface area (Å²) in [5, 5.41) is 3.30. The zero-order valence-corrected chi connectivity index (χ0v) is 15.9. The molecule has 5 aliphatic rings. The molecule has 1 aromatic rings. The van der Waals surface area contributed by atoms with E-state index in [-0.39, 0.29) is 11.2 Å². The van der Waals surface area contributed by atoms with Crippen LogP contribution < -0.4 is 5.32 Å². The van der Waals surface area contributed by atoms with Crippen LogP contribution in [0.5, 0.6) is 0 Å². The Morgan fingerprint density at radius 3 is 2.26 bits per heavy atom. The van der Waals surface area contributed by atoms with Crippen molar-refractivity contribution >= 4 is 17.6 Å². The Balaban J connectivity index is 1.23. The summed E-state index contributed by atoms with van der Waals surface area (Å²) in [5.41, 5.74) is 0.173. The lowest BCUT2D eigenvalue weighted by Gasteiger charge is -2.56. The van der Waals surface area contributed by atoms with Gasteiger partial charge in [0.2, 0.25) is 0 Å². The number of nitrogens with zero attached hydrogens (tertiary/aromatic N) is 1. The molecular formula is C22H28N2O3. The third kappa shape index (κ3) is 3.26. The molecule has 144 valence electrons. The minimum atomic E-state index is -0.682. The summed E-state index contributed by atoms with van der Waals surface area (Å²) in [4.78, 5) is 30.0. The summed E-state index contributed by atoms with van der Waals surface area (Å²) in [6.45, 7) is 1.75. The molecule has 5 saturated carbocycles.